The lowest BCUT2D eigenvalue weighted by Crippen LogP contribution is -2.08. The first-order valence-corrected chi connectivity index (χ1v) is 11.0. The summed E-state index contributed by atoms with van der Waals surface area (Å²) in [6, 6.07) is 10.3. The third-order valence-electron chi connectivity index (χ3n) is 4.66. The molecule has 1 aromatic carbocycles. The molecular formula is C21H28N2O5S. The van der Waals surface area contributed by atoms with Crippen molar-refractivity contribution >= 4 is 21.0 Å². The van der Waals surface area contributed by atoms with Crippen LogP contribution in [0.15, 0.2) is 36.5 Å². The van der Waals surface area contributed by atoms with E-state index in [0.717, 1.165) is 12.1 Å². The van der Waals surface area contributed by atoms with Gasteiger partial charge in [0.05, 0.1) is 12.9 Å². The van der Waals surface area contributed by atoms with E-state index in [1.807, 2.05) is 18.3 Å². The molecule has 0 bridgehead atoms. The molecule has 3 aromatic rings. The number of methoxy groups -OCH3 is 1. The van der Waals surface area contributed by atoms with Gasteiger partial charge in [-0.05, 0) is 43.5 Å². The Kier molecular flexibility index (Phi) is 7.78. The summed E-state index contributed by atoms with van der Waals surface area (Å²) in [5.74, 6) is 0.683. The zero-order chi connectivity index (χ0) is 21.6. The summed E-state index contributed by atoms with van der Waals surface area (Å²) in [6.07, 6.45) is 2.54. The predicted octanol–water partition coefficient (Wildman–Crippen LogP) is 3.69. The number of pyridine rings is 1. The molecule has 0 atom stereocenters. The summed E-state index contributed by atoms with van der Waals surface area (Å²) in [7, 11) is -1.94. The van der Waals surface area contributed by atoms with Crippen LogP contribution < -0.4 is 4.74 Å². The molecule has 0 spiro atoms. The molecule has 2 heterocycles. The van der Waals surface area contributed by atoms with Crippen LogP contribution in [0.25, 0.3) is 10.9 Å². The fourth-order valence-electron chi connectivity index (χ4n) is 3.05. The molecule has 0 unspecified atom stereocenters. The second kappa shape index (κ2) is 9.87. The average Bonchev–Trinajstić information content (AvgIpc) is 2.89. The lowest BCUT2D eigenvalue weighted by atomic mass is 10.1. The van der Waals surface area contributed by atoms with Crippen LogP contribution in [-0.2, 0) is 28.0 Å². The highest BCUT2D eigenvalue weighted by atomic mass is 32.2. The highest BCUT2D eigenvalue weighted by Gasteiger charge is 2.16. The average molecular weight is 421 g/mol. The molecule has 0 aliphatic rings. The van der Waals surface area contributed by atoms with Crippen LogP contribution in [0.4, 0.5) is 0 Å². The maximum absolute atomic E-state index is 9.19. The largest absolute Gasteiger partial charge is 0.471 e. The van der Waals surface area contributed by atoms with Gasteiger partial charge in [0, 0.05) is 30.9 Å². The van der Waals surface area contributed by atoms with Gasteiger partial charge in [-0.15, -0.1) is 0 Å². The van der Waals surface area contributed by atoms with E-state index in [4.69, 9.17) is 14.0 Å². The Hall–Kier alpha value is -2.42. The fraction of sp³-hybridized carbons (Fsp3) is 0.381. The molecular weight excluding hydrogens is 392 g/mol. The Morgan fingerprint density at radius 2 is 1.79 bits per heavy atom. The van der Waals surface area contributed by atoms with E-state index in [1.165, 1.54) is 27.8 Å². The Labute approximate surface area is 172 Å². The van der Waals surface area contributed by atoms with E-state index in [9.17, 15) is 8.42 Å². The maximum atomic E-state index is 9.19. The number of hydrogen-bond acceptors (Lipinski definition) is 5. The van der Waals surface area contributed by atoms with Gasteiger partial charge in [-0.1, -0.05) is 24.3 Å². The number of aryl methyl sites for hydroxylation is 2. The number of aromatic nitrogens is 2. The minimum Gasteiger partial charge on any atom is -0.471 e. The predicted molar refractivity (Wildman–Crippen MR) is 114 cm³/mol. The lowest BCUT2D eigenvalue weighted by molar-refractivity contribution is 0.187. The van der Waals surface area contributed by atoms with Crippen LogP contribution in [0.3, 0.4) is 0 Å². The fourth-order valence-corrected chi connectivity index (χ4v) is 3.05. The van der Waals surface area contributed by atoms with Gasteiger partial charge in [-0.3, -0.25) is 4.55 Å². The first-order chi connectivity index (χ1) is 13.6. The highest BCUT2D eigenvalue weighted by molar-refractivity contribution is 7.85. The summed E-state index contributed by atoms with van der Waals surface area (Å²) in [4.78, 5) is 4.49. The highest BCUT2D eigenvalue weighted by Crippen LogP contribution is 2.31. The van der Waals surface area contributed by atoms with Gasteiger partial charge in [0.2, 0.25) is 5.88 Å². The monoisotopic (exact) mass is 420 g/mol. The van der Waals surface area contributed by atoms with E-state index in [2.05, 4.69) is 48.5 Å². The number of fused-ring (bicyclic) bond motifs is 1. The Morgan fingerprint density at radius 3 is 2.41 bits per heavy atom. The number of nitrogens with zero attached hydrogens (tertiary/aromatic N) is 2. The van der Waals surface area contributed by atoms with Crippen LogP contribution in [0.1, 0.15) is 22.4 Å². The van der Waals surface area contributed by atoms with Crippen LogP contribution in [0, 0.1) is 20.8 Å². The summed E-state index contributed by atoms with van der Waals surface area (Å²) in [5.41, 5.74) is 5.96. The van der Waals surface area contributed by atoms with E-state index in [-0.39, 0.29) is 0 Å². The molecule has 158 valence electrons. The molecule has 0 fully saturated rings. The lowest BCUT2D eigenvalue weighted by Gasteiger charge is -2.12. The summed E-state index contributed by atoms with van der Waals surface area (Å²) in [5, 5.41) is 1.19. The molecule has 7 nitrogen and oxygen atoms in total. The smallest absolute Gasteiger partial charge is 0.261 e. The molecule has 29 heavy (non-hydrogen) atoms. The molecule has 2 aromatic heterocycles. The molecule has 8 heteroatoms. The third-order valence-corrected chi connectivity index (χ3v) is 4.66. The van der Waals surface area contributed by atoms with Crippen molar-refractivity contribution < 1.29 is 22.4 Å². The summed E-state index contributed by atoms with van der Waals surface area (Å²) < 4.78 is 39.5. The first-order valence-electron chi connectivity index (χ1n) is 9.16. The molecule has 0 aliphatic carbocycles. The van der Waals surface area contributed by atoms with Gasteiger partial charge < -0.3 is 14.0 Å². The quantitative estimate of drug-likeness (QED) is 0.612. The molecule has 0 saturated carbocycles. The van der Waals surface area contributed by atoms with Gasteiger partial charge in [0.1, 0.15) is 12.1 Å². The third kappa shape index (κ3) is 6.28. The van der Waals surface area contributed by atoms with E-state index in [1.54, 1.807) is 7.11 Å². The van der Waals surface area contributed by atoms with Gasteiger partial charge in [-0.25, -0.2) is 4.98 Å². The molecule has 1 N–H and O–H groups in total. The first kappa shape index (κ1) is 22.9. The van der Waals surface area contributed by atoms with Crippen molar-refractivity contribution in [3.8, 4) is 5.88 Å². The second-order valence-electron chi connectivity index (χ2n) is 6.82. The standard InChI is InChI=1S/C20H24N2O2.CH4O3S/c1-14-7-5-6-8-17(14)13-24-20-19-18(9-10-21-20)15(2)16(3)22(19)11-12-23-4;1-5(2,3)4/h5-10H,11-13H2,1-4H3;1H3,(H,2,3,4). The van der Waals surface area contributed by atoms with Crippen molar-refractivity contribution in [1.82, 2.24) is 9.55 Å². The van der Waals surface area contributed by atoms with Crippen molar-refractivity contribution in [3.63, 3.8) is 0 Å². The summed E-state index contributed by atoms with van der Waals surface area (Å²) >= 11 is 0. The van der Waals surface area contributed by atoms with Crippen molar-refractivity contribution in [2.45, 2.75) is 33.9 Å². The van der Waals surface area contributed by atoms with Crippen LogP contribution in [0.2, 0.25) is 0 Å². The number of benzene rings is 1. The SMILES string of the molecule is COCCn1c(C)c(C)c2ccnc(OCc3ccccc3C)c21.CS(=O)(=O)O. The van der Waals surface area contributed by atoms with Crippen molar-refractivity contribution in [2.24, 2.45) is 0 Å². The second-order valence-corrected chi connectivity index (χ2v) is 8.28. The Balaban J connectivity index is 0.000000537. The van der Waals surface area contributed by atoms with Gasteiger partial charge in [0.25, 0.3) is 10.1 Å². The normalized spacial score (nSPS) is 11.2. The zero-order valence-electron chi connectivity index (χ0n) is 17.5. The molecule has 0 amide bonds. The Bertz CT molecular complexity index is 1070. The van der Waals surface area contributed by atoms with Gasteiger partial charge in [0.15, 0.2) is 0 Å². The topological polar surface area (TPSA) is 90.7 Å². The zero-order valence-corrected chi connectivity index (χ0v) is 18.3. The van der Waals surface area contributed by atoms with Gasteiger partial charge >= 0.3 is 0 Å². The number of rotatable bonds is 6. The minimum absolute atomic E-state index is 0.520. The molecule has 3 rings (SSSR count). The molecule has 0 aliphatic heterocycles. The van der Waals surface area contributed by atoms with Crippen molar-refractivity contribution in [1.29, 1.82) is 0 Å². The Morgan fingerprint density at radius 1 is 1.14 bits per heavy atom. The van der Waals surface area contributed by atoms with E-state index in [0.29, 0.717) is 25.3 Å². The van der Waals surface area contributed by atoms with Crippen LogP contribution in [0.5, 0.6) is 5.88 Å². The summed E-state index contributed by atoms with van der Waals surface area (Å²) in [6.45, 7) is 8.35. The van der Waals surface area contributed by atoms with E-state index < -0.39 is 10.1 Å². The van der Waals surface area contributed by atoms with E-state index >= 15 is 0 Å². The molecule has 0 radical (unpaired) electrons. The number of ether oxygens (including phenoxy) is 2. The van der Waals surface area contributed by atoms with Crippen molar-refractivity contribution in [2.75, 3.05) is 20.0 Å². The maximum Gasteiger partial charge on any atom is 0.261 e. The molecule has 0 saturated heterocycles. The minimum atomic E-state index is -3.67. The van der Waals surface area contributed by atoms with Crippen molar-refractivity contribution in [3.05, 3.63) is 58.9 Å². The van der Waals surface area contributed by atoms with Crippen LogP contribution >= 0.6 is 0 Å². The number of hydrogen-bond donors (Lipinski definition) is 1. The van der Waals surface area contributed by atoms with Crippen LogP contribution in [-0.4, -0.2) is 42.5 Å². The van der Waals surface area contributed by atoms with Gasteiger partial charge in [-0.2, -0.15) is 8.42 Å².